The smallest absolute Gasteiger partial charge is 0.259 e. The quantitative estimate of drug-likeness (QED) is 0.407. The van der Waals surface area contributed by atoms with Crippen LogP contribution in [0.4, 0.5) is 5.69 Å². The molecule has 0 bridgehead atoms. The van der Waals surface area contributed by atoms with Crippen molar-refractivity contribution in [3.8, 4) is 22.1 Å². The Kier molecular flexibility index (Phi) is 6.46. The molecule has 0 spiro atoms. The van der Waals surface area contributed by atoms with Crippen molar-refractivity contribution in [2.45, 2.75) is 13.8 Å². The summed E-state index contributed by atoms with van der Waals surface area (Å²) in [7, 11) is 1.58. The third kappa shape index (κ3) is 5.11. The molecule has 3 rings (SSSR count). The van der Waals surface area contributed by atoms with Crippen LogP contribution in [0.15, 0.2) is 53.6 Å². The van der Waals surface area contributed by atoms with Crippen LogP contribution in [0, 0.1) is 6.92 Å². The van der Waals surface area contributed by atoms with Gasteiger partial charge in [0.05, 0.1) is 35.6 Å². The van der Waals surface area contributed by atoms with E-state index in [1.54, 1.807) is 19.2 Å². The number of hydrogen-bond acceptors (Lipinski definition) is 7. The van der Waals surface area contributed by atoms with Crippen molar-refractivity contribution in [2.24, 2.45) is 5.10 Å². The van der Waals surface area contributed by atoms with Gasteiger partial charge in [-0.1, -0.05) is 12.1 Å². The second kappa shape index (κ2) is 9.20. The van der Waals surface area contributed by atoms with E-state index in [1.807, 2.05) is 50.2 Å². The summed E-state index contributed by atoms with van der Waals surface area (Å²) >= 11 is 1.49. The highest BCUT2D eigenvalue weighted by atomic mass is 32.1. The molecule has 1 aromatic heterocycles. The number of benzene rings is 2. The second-order valence-electron chi connectivity index (χ2n) is 6.27. The summed E-state index contributed by atoms with van der Waals surface area (Å²) in [6.45, 7) is 3.80. The molecule has 0 unspecified atom stereocenters. The molecule has 3 aromatic rings. The first kappa shape index (κ1) is 20.3. The Morgan fingerprint density at radius 3 is 2.66 bits per heavy atom. The Hall–Kier alpha value is -3.39. The highest BCUT2D eigenvalue weighted by Gasteiger charge is 2.12. The Bertz CT molecular complexity index is 1030. The van der Waals surface area contributed by atoms with Crippen LogP contribution in [0.2, 0.25) is 0 Å². The molecule has 0 saturated carbocycles. The highest BCUT2D eigenvalue weighted by molar-refractivity contribution is 7.17. The van der Waals surface area contributed by atoms with Crippen molar-refractivity contribution in [1.29, 1.82) is 0 Å². The van der Waals surface area contributed by atoms with Crippen molar-refractivity contribution in [2.75, 3.05) is 19.0 Å². The van der Waals surface area contributed by atoms with Crippen LogP contribution in [0.3, 0.4) is 0 Å². The number of anilines is 1. The third-order valence-corrected chi connectivity index (χ3v) is 5.45. The zero-order valence-electron chi connectivity index (χ0n) is 16.4. The van der Waals surface area contributed by atoms with Gasteiger partial charge in [-0.15, -0.1) is 11.3 Å². The Balaban J connectivity index is 1.63. The molecule has 29 heavy (non-hydrogen) atoms. The summed E-state index contributed by atoms with van der Waals surface area (Å²) in [5.41, 5.74) is 5.73. The van der Waals surface area contributed by atoms with E-state index < -0.39 is 0 Å². The van der Waals surface area contributed by atoms with E-state index in [2.05, 4.69) is 20.8 Å². The van der Waals surface area contributed by atoms with Crippen LogP contribution >= 0.6 is 11.3 Å². The Morgan fingerprint density at radius 2 is 1.93 bits per heavy atom. The molecule has 1 amide bonds. The van der Waals surface area contributed by atoms with Crippen molar-refractivity contribution >= 4 is 28.6 Å². The van der Waals surface area contributed by atoms with Crippen LogP contribution in [0.25, 0.3) is 10.6 Å². The third-order valence-electron chi connectivity index (χ3n) is 4.13. The van der Waals surface area contributed by atoms with Crippen molar-refractivity contribution in [1.82, 2.24) is 10.4 Å². The lowest BCUT2D eigenvalue weighted by Gasteiger charge is -2.10. The number of phenols is 1. The number of rotatable bonds is 7. The fraction of sp³-hybridized carbons (Fsp3) is 0.190. The number of hydrazone groups is 1. The summed E-state index contributed by atoms with van der Waals surface area (Å²) in [5, 5.41) is 17.5. The SMILES string of the molecule is COc1ccccc1NCC(=O)N/N=C(\C)c1sc(-c2ccc(O)cc2)nc1C. The molecule has 150 valence electrons. The molecule has 0 fully saturated rings. The lowest BCUT2D eigenvalue weighted by atomic mass is 10.2. The molecule has 0 aliphatic rings. The van der Waals surface area contributed by atoms with Crippen LogP contribution in [-0.2, 0) is 4.79 Å². The Labute approximate surface area is 173 Å². The maximum atomic E-state index is 12.1. The molecule has 7 nitrogen and oxygen atoms in total. The first-order valence-electron chi connectivity index (χ1n) is 8.95. The van der Waals surface area contributed by atoms with Gasteiger partial charge < -0.3 is 15.2 Å². The lowest BCUT2D eigenvalue weighted by Crippen LogP contribution is -2.26. The molecular formula is C21H22N4O3S. The van der Waals surface area contributed by atoms with Crippen LogP contribution in [0.1, 0.15) is 17.5 Å². The van der Waals surface area contributed by atoms with Crippen LogP contribution in [0.5, 0.6) is 11.5 Å². The first-order chi connectivity index (χ1) is 14.0. The van der Waals surface area contributed by atoms with Crippen LogP contribution in [-0.4, -0.2) is 35.4 Å². The molecule has 0 atom stereocenters. The van der Waals surface area contributed by atoms with E-state index in [-0.39, 0.29) is 18.2 Å². The number of thiazole rings is 1. The number of hydrogen-bond donors (Lipinski definition) is 3. The minimum atomic E-state index is -0.267. The number of para-hydroxylation sites is 2. The molecule has 1 heterocycles. The van der Waals surface area contributed by atoms with E-state index in [0.29, 0.717) is 11.5 Å². The number of aromatic hydroxyl groups is 1. The number of carbonyl (C=O) groups excluding carboxylic acids is 1. The highest BCUT2D eigenvalue weighted by Crippen LogP contribution is 2.29. The zero-order chi connectivity index (χ0) is 20.8. The molecule has 2 aromatic carbocycles. The monoisotopic (exact) mass is 410 g/mol. The van der Waals surface area contributed by atoms with E-state index >= 15 is 0 Å². The minimum absolute atomic E-state index is 0.0670. The van der Waals surface area contributed by atoms with Gasteiger partial charge in [0.15, 0.2) is 0 Å². The molecule has 0 aliphatic heterocycles. The maximum absolute atomic E-state index is 12.1. The number of nitrogens with one attached hydrogen (secondary N) is 2. The number of carbonyl (C=O) groups is 1. The number of ether oxygens (including phenoxy) is 1. The van der Waals surface area contributed by atoms with Gasteiger partial charge in [-0.2, -0.15) is 5.10 Å². The lowest BCUT2D eigenvalue weighted by molar-refractivity contribution is -0.119. The van der Waals surface area contributed by atoms with Gasteiger partial charge in [0.25, 0.3) is 5.91 Å². The van der Waals surface area contributed by atoms with E-state index in [4.69, 9.17) is 4.74 Å². The normalized spacial score (nSPS) is 11.2. The van der Waals surface area contributed by atoms with Crippen molar-refractivity contribution < 1.29 is 14.6 Å². The molecule has 8 heteroatoms. The van der Waals surface area contributed by atoms with Gasteiger partial charge in [-0.05, 0) is 50.2 Å². The molecule has 0 saturated heterocycles. The van der Waals surface area contributed by atoms with Crippen molar-refractivity contribution in [3.63, 3.8) is 0 Å². The summed E-state index contributed by atoms with van der Waals surface area (Å²) in [4.78, 5) is 17.6. The summed E-state index contributed by atoms with van der Waals surface area (Å²) < 4.78 is 5.25. The Morgan fingerprint density at radius 1 is 1.21 bits per heavy atom. The number of aromatic nitrogens is 1. The predicted molar refractivity (Wildman–Crippen MR) is 116 cm³/mol. The number of nitrogens with zero attached hydrogens (tertiary/aromatic N) is 2. The fourth-order valence-electron chi connectivity index (χ4n) is 2.66. The predicted octanol–water partition coefficient (Wildman–Crippen LogP) is 3.79. The van der Waals surface area contributed by atoms with Gasteiger partial charge in [0.1, 0.15) is 16.5 Å². The zero-order valence-corrected chi connectivity index (χ0v) is 17.2. The van der Waals surface area contributed by atoms with Crippen molar-refractivity contribution in [3.05, 3.63) is 59.1 Å². The number of phenolic OH excluding ortho intramolecular Hbond substituents is 1. The molecule has 3 N–H and O–H groups in total. The van der Waals surface area contributed by atoms with E-state index in [1.165, 1.54) is 11.3 Å². The molecular weight excluding hydrogens is 388 g/mol. The summed E-state index contributed by atoms with van der Waals surface area (Å²) in [6, 6.07) is 14.3. The fourth-order valence-corrected chi connectivity index (χ4v) is 3.68. The largest absolute Gasteiger partial charge is 0.508 e. The number of methoxy groups -OCH3 is 1. The van der Waals surface area contributed by atoms with Gasteiger partial charge >= 0.3 is 0 Å². The number of aryl methyl sites for hydroxylation is 1. The van der Waals surface area contributed by atoms with E-state index in [0.717, 1.165) is 26.8 Å². The molecule has 0 aliphatic carbocycles. The van der Waals surface area contributed by atoms with Gasteiger partial charge in [0, 0.05) is 5.56 Å². The molecule has 0 radical (unpaired) electrons. The standard InChI is InChI=1S/C21H22N4O3S/c1-13-20(29-21(23-13)15-8-10-16(26)11-9-15)14(2)24-25-19(27)12-22-17-6-4-5-7-18(17)28-3/h4-11,22,26H,12H2,1-3H3,(H,25,27)/b24-14+. The average molecular weight is 410 g/mol. The first-order valence-corrected chi connectivity index (χ1v) is 9.77. The topological polar surface area (TPSA) is 95.8 Å². The van der Waals surface area contributed by atoms with E-state index in [9.17, 15) is 9.90 Å². The van der Waals surface area contributed by atoms with Gasteiger partial charge in [-0.3, -0.25) is 4.79 Å². The van der Waals surface area contributed by atoms with Gasteiger partial charge in [-0.25, -0.2) is 10.4 Å². The minimum Gasteiger partial charge on any atom is -0.508 e. The van der Waals surface area contributed by atoms with Crippen LogP contribution < -0.4 is 15.5 Å². The average Bonchev–Trinajstić information content (AvgIpc) is 3.12. The summed E-state index contributed by atoms with van der Waals surface area (Å²) in [5.74, 6) is 0.614. The number of amides is 1. The maximum Gasteiger partial charge on any atom is 0.259 e. The second-order valence-corrected chi connectivity index (χ2v) is 7.27. The summed E-state index contributed by atoms with van der Waals surface area (Å²) in [6.07, 6.45) is 0. The van der Waals surface area contributed by atoms with Gasteiger partial charge in [0.2, 0.25) is 0 Å².